The smallest absolute Gasteiger partial charge is 0.379 e. The van der Waals surface area contributed by atoms with Crippen molar-refractivity contribution in [3.8, 4) is 11.5 Å². The molecule has 1 aliphatic rings. The van der Waals surface area contributed by atoms with Gasteiger partial charge in [-0.2, -0.15) is 18.2 Å². The molecule has 2 N–H and O–H groups in total. The monoisotopic (exact) mass is 533 g/mol. The van der Waals surface area contributed by atoms with Gasteiger partial charge in [0, 0.05) is 43.6 Å². The van der Waals surface area contributed by atoms with Crippen LogP contribution in [0.2, 0.25) is 0 Å². The van der Waals surface area contributed by atoms with Gasteiger partial charge in [0.2, 0.25) is 11.7 Å². The molecule has 1 saturated heterocycles. The van der Waals surface area contributed by atoms with Crippen LogP contribution in [-0.2, 0) is 20.1 Å². The first-order chi connectivity index (χ1) is 18.1. The number of hydrogen-bond donors (Lipinski definition) is 2. The van der Waals surface area contributed by atoms with E-state index in [0.717, 1.165) is 4.57 Å². The van der Waals surface area contributed by atoms with Crippen LogP contribution in [0.15, 0.2) is 47.2 Å². The number of benzene rings is 1. The molecule has 4 aromatic rings. The number of carbonyl (C=O) groups excluding carboxylic acids is 1. The Morgan fingerprint density at radius 1 is 1.24 bits per heavy atom. The molecule has 9 nitrogen and oxygen atoms in total. The first-order valence-electron chi connectivity index (χ1n) is 12.1. The summed E-state index contributed by atoms with van der Waals surface area (Å²) in [6.07, 6.45) is -1.70. The van der Waals surface area contributed by atoms with Crippen molar-refractivity contribution in [1.29, 1.82) is 0 Å². The molecule has 0 saturated carbocycles. The second-order valence-corrected chi connectivity index (χ2v) is 9.55. The Morgan fingerprint density at radius 2 is 2.05 bits per heavy atom. The van der Waals surface area contributed by atoms with Crippen LogP contribution < -0.4 is 10.6 Å². The zero-order valence-electron chi connectivity index (χ0n) is 20.8. The summed E-state index contributed by atoms with van der Waals surface area (Å²) in [6.45, 7) is -0.383. The van der Waals surface area contributed by atoms with Gasteiger partial charge in [0.05, 0.1) is 29.4 Å². The van der Waals surface area contributed by atoms with E-state index in [4.69, 9.17) is 4.52 Å². The highest BCUT2D eigenvalue weighted by atomic mass is 19.4. The van der Waals surface area contributed by atoms with Crippen molar-refractivity contribution in [2.24, 2.45) is 7.05 Å². The summed E-state index contributed by atoms with van der Waals surface area (Å²) in [4.78, 5) is 18.4. The van der Waals surface area contributed by atoms with Gasteiger partial charge in [0.25, 0.3) is 5.91 Å². The van der Waals surface area contributed by atoms with Crippen molar-refractivity contribution in [2.45, 2.75) is 37.9 Å². The largest absolute Gasteiger partial charge is 0.406 e. The van der Waals surface area contributed by atoms with Crippen molar-refractivity contribution in [3.63, 3.8) is 0 Å². The summed E-state index contributed by atoms with van der Waals surface area (Å²) in [7, 11) is 3.63. The lowest BCUT2D eigenvalue weighted by atomic mass is 10.0. The number of halogens is 4. The molecular weight excluding hydrogens is 506 g/mol. The van der Waals surface area contributed by atoms with E-state index in [-0.39, 0.29) is 36.4 Å². The van der Waals surface area contributed by atoms with Crippen LogP contribution in [0.25, 0.3) is 22.4 Å². The van der Waals surface area contributed by atoms with Gasteiger partial charge in [-0.05, 0) is 37.7 Å². The highest BCUT2D eigenvalue weighted by Crippen LogP contribution is 2.35. The van der Waals surface area contributed by atoms with E-state index in [1.807, 2.05) is 11.9 Å². The van der Waals surface area contributed by atoms with E-state index in [1.54, 1.807) is 54.3 Å². The van der Waals surface area contributed by atoms with Gasteiger partial charge in [-0.15, -0.1) is 0 Å². The SMILES string of the molecule is CN1CC[C@@H](Nc2cccc3c2cc(-c2noc(CNC(=O)c4ccn(C)c4)n2)n3CC(F)(F)F)[C@@H](F)C1. The van der Waals surface area contributed by atoms with Gasteiger partial charge in [0.1, 0.15) is 12.7 Å². The lowest BCUT2D eigenvalue weighted by molar-refractivity contribution is -0.139. The van der Waals surface area contributed by atoms with E-state index >= 15 is 0 Å². The second-order valence-electron chi connectivity index (χ2n) is 9.55. The quantitative estimate of drug-likeness (QED) is 0.349. The molecule has 1 aliphatic heterocycles. The molecule has 1 aromatic carbocycles. The molecule has 0 spiro atoms. The van der Waals surface area contributed by atoms with Gasteiger partial charge >= 0.3 is 6.18 Å². The third-order valence-corrected chi connectivity index (χ3v) is 6.56. The number of piperidine rings is 1. The predicted octanol–water partition coefficient (Wildman–Crippen LogP) is 3.98. The minimum atomic E-state index is -4.52. The van der Waals surface area contributed by atoms with Crippen molar-refractivity contribution in [3.05, 3.63) is 54.2 Å². The van der Waals surface area contributed by atoms with Crippen molar-refractivity contribution < 1.29 is 26.9 Å². The number of fused-ring (bicyclic) bond motifs is 1. The number of alkyl halides is 4. The number of aryl methyl sites for hydroxylation is 1. The number of anilines is 1. The van der Waals surface area contributed by atoms with Crippen molar-refractivity contribution in [2.75, 3.05) is 25.5 Å². The first kappa shape index (κ1) is 25.8. The fraction of sp³-hybridized carbons (Fsp3) is 0.400. The maximum atomic E-state index is 14.7. The maximum absolute atomic E-state index is 14.7. The zero-order valence-corrected chi connectivity index (χ0v) is 20.8. The number of nitrogens with zero attached hydrogens (tertiary/aromatic N) is 5. The molecule has 3 aromatic heterocycles. The average molecular weight is 534 g/mol. The van der Waals surface area contributed by atoms with Gasteiger partial charge in [-0.1, -0.05) is 11.2 Å². The molecule has 4 heterocycles. The summed E-state index contributed by atoms with van der Waals surface area (Å²) in [5, 5.41) is 10.2. The summed E-state index contributed by atoms with van der Waals surface area (Å²) < 4.78 is 63.4. The molecule has 1 fully saturated rings. The third-order valence-electron chi connectivity index (χ3n) is 6.56. The minimum absolute atomic E-state index is 0.0399. The summed E-state index contributed by atoms with van der Waals surface area (Å²) in [5.74, 6) is -0.367. The second kappa shape index (κ2) is 10.1. The van der Waals surface area contributed by atoms with Crippen LogP contribution in [0.3, 0.4) is 0 Å². The molecule has 2 atom stereocenters. The molecule has 38 heavy (non-hydrogen) atoms. The van der Waals surface area contributed by atoms with Gasteiger partial charge in [-0.3, -0.25) is 4.79 Å². The van der Waals surface area contributed by atoms with Crippen molar-refractivity contribution >= 4 is 22.5 Å². The Morgan fingerprint density at radius 3 is 2.76 bits per heavy atom. The van der Waals surface area contributed by atoms with E-state index in [9.17, 15) is 22.4 Å². The van der Waals surface area contributed by atoms with Crippen LogP contribution in [-0.4, -0.2) is 68.6 Å². The topological polar surface area (TPSA) is 93.2 Å². The molecular formula is C25H27F4N7O2. The van der Waals surface area contributed by atoms with E-state index < -0.39 is 24.9 Å². The first-order valence-corrected chi connectivity index (χ1v) is 12.1. The standard InChI is InChI=1S/C25H27F4N7O2/c1-34-8-6-15(12-34)24(37)30-11-22-32-23(33-38-22)21-10-16-18(31-19-7-9-35(2)13-17(19)26)4-3-5-20(16)36(21)14-25(27,28)29/h3-6,8,10,12,17,19,31H,7,9,11,13-14H2,1-2H3,(H,30,37)/t17-,19+/m0/s1. The summed E-state index contributed by atoms with van der Waals surface area (Å²) >= 11 is 0. The maximum Gasteiger partial charge on any atom is 0.406 e. The molecule has 1 amide bonds. The Kier molecular flexibility index (Phi) is 6.86. The van der Waals surface area contributed by atoms with Crippen LogP contribution in [0, 0.1) is 0 Å². The van der Waals surface area contributed by atoms with E-state index in [0.29, 0.717) is 35.1 Å². The predicted molar refractivity (Wildman–Crippen MR) is 132 cm³/mol. The number of nitrogens with one attached hydrogen (secondary N) is 2. The molecule has 5 rings (SSSR count). The van der Waals surface area contributed by atoms with Gasteiger partial charge < -0.3 is 29.2 Å². The Labute approximate surface area is 215 Å². The van der Waals surface area contributed by atoms with Crippen LogP contribution in [0.1, 0.15) is 22.7 Å². The van der Waals surface area contributed by atoms with Crippen LogP contribution in [0.5, 0.6) is 0 Å². The van der Waals surface area contributed by atoms with Crippen molar-refractivity contribution in [1.82, 2.24) is 29.5 Å². The third kappa shape index (κ3) is 5.52. The summed E-state index contributed by atoms with van der Waals surface area (Å²) in [6, 6.07) is 7.64. The minimum Gasteiger partial charge on any atom is -0.379 e. The molecule has 0 aliphatic carbocycles. The zero-order chi connectivity index (χ0) is 27.0. The van der Waals surface area contributed by atoms with E-state index in [1.165, 1.54) is 0 Å². The normalized spacial score (nSPS) is 18.7. The molecule has 0 unspecified atom stereocenters. The number of carbonyl (C=O) groups is 1. The molecule has 202 valence electrons. The molecule has 13 heteroatoms. The Balaban J connectivity index is 1.43. The molecule has 0 bridgehead atoms. The van der Waals surface area contributed by atoms with Crippen LogP contribution >= 0.6 is 0 Å². The number of likely N-dealkylation sites (tertiary alicyclic amines) is 1. The number of hydrogen-bond acceptors (Lipinski definition) is 6. The average Bonchev–Trinajstić information content (AvgIpc) is 3.58. The lowest BCUT2D eigenvalue weighted by Gasteiger charge is -2.33. The number of aromatic nitrogens is 4. The Bertz CT molecular complexity index is 1440. The molecule has 0 radical (unpaired) electrons. The highest BCUT2D eigenvalue weighted by Gasteiger charge is 2.32. The lowest BCUT2D eigenvalue weighted by Crippen LogP contribution is -2.46. The van der Waals surface area contributed by atoms with Gasteiger partial charge in [-0.25, -0.2) is 4.39 Å². The highest BCUT2D eigenvalue weighted by molar-refractivity contribution is 5.96. The fourth-order valence-corrected chi connectivity index (χ4v) is 4.69. The van der Waals surface area contributed by atoms with Crippen LogP contribution in [0.4, 0.5) is 23.2 Å². The Hall–Kier alpha value is -3.87. The number of rotatable bonds is 7. The fourth-order valence-electron chi connectivity index (χ4n) is 4.69. The summed E-state index contributed by atoms with van der Waals surface area (Å²) in [5.41, 5.74) is 1.36. The number of amides is 1. The van der Waals surface area contributed by atoms with Gasteiger partial charge in [0.15, 0.2) is 0 Å². The van der Waals surface area contributed by atoms with E-state index in [2.05, 4.69) is 20.8 Å².